The zero-order valence-electron chi connectivity index (χ0n) is 46.2. The van der Waals surface area contributed by atoms with Crippen LogP contribution in [0.3, 0.4) is 0 Å². The Morgan fingerprint density at radius 2 is 0.853 bits per heavy atom. The minimum atomic E-state index is -4.12. The highest BCUT2D eigenvalue weighted by Gasteiger charge is 2.65. The molecule has 0 spiro atoms. The molecule has 20 atom stereocenters. The second-order valence-electron chi connectivity index (χ2n) is 27.3. The summed E-state index contributed by atoms with van der Waals surface area (Å²) in [4.78, 5) is 51.8. The first-order valence-electron chi connectivity index (χ1n) is 29.5. The summed E-state index contributed by atoms with van der Waals surface area (Å²) < 4.78 is 62.2. The molecule has 8 aliphatic rings. The number of hydrogen-bond donors (Lipinski definition) is 8. The lowest BCUT2D eigenvalue weighted by molar-refractivity contribution is -0.167. The molecule has 8 fully saturated rings. The quantitative estimate of drug-likeness (QED) is 0.0562. The Labute approximate surface area is 449 Å². The van der Waals surface area contributed by atoms with Gasteiger partial charge in [-0.15, -0.1) is 0 Å². The molecule has 8 aliphatic carbocycles. The molecule has 0 bridgehead atoms. The van der Waals surface area contributed by atoms with Crippen molar-refractivity contribution in [3.8, 4) is 0 Å². The number of carbonyl (C=O) groups is 4. The first kappa shape index (κ1) is 58.8. The molecule has 0 saturated heterocycles. The van der Waals surface area contributed by atoms with Gasteiger partial charge in [0, 0.05) is 50.9 Å². The van der Waals surface area contributed by atoms with Gasteiger partial charge in [-0.05, 0) is 215 Å². The van der Waals surface area contributed by atoms with E-state index >= 15 is 0 Å². The molecule has 0 aromatic carbocycles. The molecular formula is C57H96N4O12S2. The van der Waals surface area contributed by atoms with E-state index in [9.17, 15) is 46.2 Å². The first-order chi connectivity index (χ1) is 35.1. The summed E-state index contributed by atoms with van der Waals surface area (Å²) in [7, 11) is -8.25. The van der Waals surface area contributed by atoms with E-state index in [0.717, 1.165) is 103 Å². The van der Waals surface area contributed by atoms with Crippen LogP contribution < -0.4 is 21.3 Å². The molecule has 8 saturated carbocycles. The van der Waals surface area contributed by atoms with Gasteiger partial charge in [0.1, 0.15) is 0 Å². The van der Waals surface area contributed by atoms with Crippen LogP contribution in [-0.4, -0.2) is 109 Å². The van der Waals surface area contributed by atoms with Crippen LogP contribution in [0.15, 0.2) is 0 Å². The van der Waals surface area contributed by atoms with Gasteiger partial charge in [-0.25, -0.2) is 0 Å². The molecule has 428 valence electrons. The van der Waals surface area contributed by atoms with E-state index in [2.05, 4.69) is 62.8 Å². The molecule has 0 aliphatic heterocycles. The van der Waals surface area contributed by atoms with E-state index < -0.39 is 31.7 Å². The summed E-state index contributed by atoms with van der Waals surface area (Å²) in [5, 5.41) is 35.9. The van der Waals surface area contributed by atoms with Crippen molar-refractivity contribution in [3.05, 3.63) is 0 Å². The molecule has 0 aromatic heterocycles. The van der Waals surface area contributed by atoms with Gasteiger partial charge in [-0.2, -0.15) is 16.8 Å². The second-order valence-corrected chi connectivity index (χ2v) is 30.4. The molecule has 0 heterocycles. The fourth-order valence-corrected chi connectivity index (χ4v) is 20.3. The summed E-state index contributed by atoms with van der Waals surface area (Å²) >= 11 is 0. The van der Waals surface area contributed by atoms with E-state index in [0.29, 0.717) is 104 Å². The number of aliphatic hydroxyl groups is 2. The number of aliphatic hydroxyl groups excluding tert-OH is 2. The molecule has 8 rings (SSSR count). The fourth-order valence-electron chi connectivity index (χ4n) is 19.6. The Hall–Kier alpha value is -2.38. The molecule has 18 heteroatoms. The van der Waals surface area contributed by atoms with Crippen LogP contribution in [0.2, 0.25) is 0 Å². The Balaban J connectivity index is 0.748. The highest BCUT2D eigenvalue weighted by Crippen LogP contribution is 2.70. The van der Waals surface area contributed by atoms with Gasteiger partial charge in [0.15, 0.2) is 0 Å². The van der Waals surface area contributed by atoms with Gasteiger partial charge in [0.05, 0.1) is 23.7 Å². The molecule has 0 aromatic rings. The van der Waals surface area contributed by atoms with Gasteiger partial charge in [0.25, 0.3) is 20.2 Å². The fraction of sp³-hybridized carbons (Fsp3) is 0.930. The van der Waals surface area contributed by atoms with Crippen molar-refractivity contribution >= 4 is 43.9 Å². The largest absolute Gasteiger partial charge is 0.393 e. The average Bonchev–Trinajstić information content (AvgIpc) is 3.87. The zero-order valence-corrected chi connectivity index (χ0v) is 47.8. The number of fused-ring (bicyclic) bond motifs is 10. The molecule has 75 heavy (non-hydrogen) atoms. The van der Waals surface area contributed by atoms with Crippen LogP contribution >= 0.6 is 0 Å². The molecule has 4 amide bonds. The molecule has 16 nitrogen and oxygen atoms in total. The van der Waals surface area contributed by atoms with Crippen molar-refractivity contribution in [3.63, 3.8) is 0 Å². The van der Waals surface area contributed by atoms with E-state index in [4.69, 9.17) is 9.11 Å². The zero-order chi connectivity index (χ0) is 54.5. The maximum Gasteiger partial charge on any atom is 0.266 e. The van der Waals surface area contributed by atoms with E-state index in [1.165, 1.54) is 0 Å². The minimum absolute atomic E-state index is 0.00882. The Morgan fingerprint density at radius 1 is 0.493 bits per heavy atom. The average molecular weight is 1090 g/mol. The Kier molecular flexibility index (Phi) is 18.0. The molecule has 8 N–H and O–H groups in total. The van der Waals surface area contributed by atoms with Gasteiger partial charge in [-0.3, -0.25) is 28.3 Å². The monoisotopic (exact) mass is 1090 g/mol. The summed E-state index contributed by atoms with van der Waals surface area (Å²) in [5.74, 6) is 2.96. The molecule has 6 unspecified atom stereocenters. The summed E-state index contributed by atoms with van der Waals surface area (Å²) in [5.41, 5.74) is 0.377. The number of hydrogen-bond acceptors (Lipinski definition) is 10. The Morgan fingerprint density at radius 3 is 1.23 bits per heavy atom. The van der Waals surface area contributed by atoms with Crippen molar-refractivity contribution in [1.29, 1.82) is 0 Å². The van der Waals surface area contributed by atoms with Crippen LogP contribution in [0.25, 0.3) is 0 Å². The van der Waals surface area contributed by atoms with Crippen LogP contribution in [0.4, 0.5) is 0 Å². The topological polar surface area (TPSA) is 266 Å². The van der Waals surface area contributed by atoms with Gasteiger partial charge in [0.2, 0.25) is 23.6 Å². The summed E-state index contributed by atoms with van der Waals surface area (Å²) in [6.07, 6.45) is 18.2. The van der Waals surface area contributed by atoms with Crippen LogP contribution in [-0.2, 0) is 39.4 Å². The lowest BCUT2D eigenvalue weighted by Gasteiger charge is -2.62. The lowest BCUT2D eigenvalue weighted by Crippen LogP contribution is -2.59. The second kappa shape index (κ2) is 23.0. The SMILES string of the molecule is C[C@H](CCC(=O)NCCS(=O)(=O)O)[C@H]1CC[C@H]2C3[C@@H](O)CC4CC(NC(=O)CCCC(=O)NC5CC[C@]6(C)C(C5)C[C@@H](O)C5[C@H]7CC[C@@H]([C@@H](C)CCC(=O)NCCS(=O)(=O)O)[C@]7(C)CC[C@H]56)CC[C@]4(C)[C@H]3CC[C@]12C. The van der Waals surface area contributed by atoms with Crippen LogP contribution in [0.1, 0.15) is 189 Å². The molecule has 0 radical (unpaired) electrons. The normalized spacial score (nSPS) is 42.0. The maximum atomic E-state index is 13.4. The first-order valence-corrected chi connectivity index (χ1v) is 32.8. The van der Waals surface area contributed by atoms with Crippen LogP contribution in [0, 0.1) is 92.7 Å². The van der Waals surface area contributed by atoms with Gasteiger partial charge in [-0.1, -0.05) is 41.5 Å². The van der Waals surface area contributed by atoms with Crippen molar-refractivity contribution in [2.75, 3.05) is 24.6 Å². The van der Waals surface area contributed by atoms with Crippen molar-refractivity contribution in [2.45, 2.75) is 214 Å². The van der Waals surface area contributed by atoms with Gasteiger partial charge < -0.3 is 31.5 Å². The van der Waals surface area contributed by atoms with Gasteiger partial charge >= 0.3 is 0 Å². The number of rotatable bonds is 20. The van der Waals surface area contributed by atoms with Crippen molar-refractivity contribution in [1.82, 2.24) is 21.3 Å². The number of amides is 4. The van der Waals surface area contributed by atoms with Crippen LogP contribution in [0.5, 0.6) is 0 Å². The molecular weight excluding hydrogens is 997 g/mol. The summed E-state index contributed by atoms with van der Waals surface area (Å²) in [6.45, 7) is 14.0. The van der Waals surface area contributed by atoms with E-state index in [1.54, 1.807) is 0 Å². The predicted octanol–water partition coefficient (Wildman–Crippen LogP) is 7.23. The smallest absolute Gasteiger partial charge is 0.266 e. The summed E-state index contributed by atoms with van der Waals surface area (Å²) in [6, 6.07) is 0.118. The highest BCUT2D eigenvalue weighted by molar-refractivity contribution is 7.86. The van der Waals surface area contributed by atoms with Crippen molar-refractivity contribution < 1.29 is 55.3 Å². The lowest BCUT2D eigenvalue weighted by atomic mass is 9.43. The Bertz CT molecular complexity index is 2150. The maximum absolute atomic E-state index is 13.4. The third-order valence-corrected chi connectivity index (χ3v) is 24.9. The number of carbonyl (C=O) groups excluding carboxylic acids is 4. The van der Waals surface area contributed by atoms with E-state index in [-0.39, 0.29) is 94.5 Å². The third-order valence-electron chi connectivity index (χ3n) is 23.4. The number of nitrogens with one attached hydrogen (secondary N) is 4. The highest BCUT2D eigenvalue weighted by atomic mass is 32.2. The van der Waals surface area contributed by atoms with Crippen molar-refractivity contribution in [2.24, 2.45) is 92.7 Å². The minimum Gasteiger partial charge on any atom is -0.393 e. The van der Waals surface area contributed by atoms with E-state index in [1.807, 2.05) is 0 Å². The standard InChI is InChI=1S/C57H96N4O12S2/c1-34(10-16-48(64)58-26-28-74(68,69)70)40-12-14-42-52-44(20-24-56(40,42)5)54(3)22-18-38(30-36(54)32-46(52)62)60-50(66)8-7-9-51(67)61-39-19-23-55(4)37(31-39)33-47(63)53-43-15-13-41(57(43,6)25-21-45(53)55)35(2)11-17-49(65)59-27-29-75(71,72)73/h34-47,52-53,62-63H,7-33H2,1-6H3,(H,58,64)(H,59,65)(H,60,66)(H,61,67)(H,68,69,70)(H,71,72,73)/t34-,35+,36?,37?,38?,39?,40-,41+,42+,43-,44+,45-,46+,47-,52?,53?,54+,55-,56-,57+. The third kappa shape index (κ3) is 12.7. The predicted molar refractivity (Wildman–Crippen MR) is 287 cm³/mol.